The number of pyridine rings is 1. The van der Waals surface area contributed by atoms with Gasteiger partial charge in [0.2, 0.25) is 0 Å². The molecule has 5 rings (SSSR count). The van der Waals surface area contributed by atoms with E-state index in [1.807, 2.05) is 37.3 Å². The van der Waals surface area contributed by atoms with Gasteiger partial charge in [0.1, 0.15) is 0 Å². The molecule has 1 aromatic heterocycles. The molecule has 0 aliphatic rings. The third-order valence-electron chi connectivity index (χ3n) is 7.53. The normalized spacial score (nSPS) is 12.1. The number of carbonyl (C=O) groups is 3. The number of nitriles is 1. The van der Waals surface area contributed by atoms with Gasteiger partial charge in [0.15, 0.2) is 0 Å². The number of carboxylic acids is 1. The van der Waals surface area contributed by atoms with Gasteiger partial charge in [-0.1, -0.05) is 11.6 Å². The van der Waals surface area contributed by atoms with Crippen LogP contribution >= 0.6 is 11.6 Å². The molecule has 2 atom stereocenters. The number of benzene rings is 4. The van der Waals surface area contributed by atoms with Gasteiger partial charge in [-0.05, 0) is 12.1 Å². The van der Waals surface area contributed by atoms with E-state index in [-0.39, 0.29) is 49.4 Å². The number of nitrogens with zero attached hydrogens (tertiary/aromatic N) is 2. The third kappa shape index (κ3) is 7.08. The SMILES string of the molecule is C[C@@H](NC(=O)c1cc(F)c(C(=O)N[C@@H](Cc2ccc(-c3ccc(C#N)cc3Cl)c3ncccc23)C(=O)O)[c]([Tl])c1)c1ccccc1. The number of hydrogen-bond acceptors (Lipinski definition) is 5. The predicted molar refractivity (Wildman–Crippen MR) is 174 cm³/mol. The summed E-state index contributed by atoms with van der Waals surface area (Å²) in [6, 6.07) is 24.1. The number of aromatic nitrogens is 1. The van der Waals surface area contributed by atoms with E-state index in [9.17, 15) is 24.8 Å². The third-order valence-corrected chi connectivity index (χ3v) is 9.62. The van der Waals surface area contributed by atoms with Gasteiger partial charge in [-0.3, -0.25) is 0 Å². The van der Waals surface area contributed by atoms with E-state index in [1.165, 1.54) is 6.07 Å². The van der Waals surface area contributed by atoms with E-state index >= 15 is 4.39 Å². The van der Waals surface area contributed by atoms with Crippen molar-refractivity contribution in [1.82, 2.24) is 15.6 Å². The molecule has 8 nitrogen and oxygen atoms in total. The second-order valence-electron chi connectivity index (χ2n) is 10.6. The Hall–Kier alpha value is -4.67. The summed E-state index contributed by atoms with van der Waals surface area (Å²) in [5, 5.41) is 25.6. The molecule has 0 aliphatic carbocycles. The van der Waals surface area contributed by atoms with Crippen LogP contribution in [-0.4, -0.2) is 59.7 Å². The van der Waals surface area contributed by atoms with Crippen molar-refractivity contribution in [1.29, 1.82) is 5.26 Å². The van der Waals surface area contributed by atoms with Crippen LogP contribution in [0.5, 0.6) is 0 Å². The summed E-state index contributed by atoms with van der Waals surface area (Å²) in [5.41, 5.74) is 3.59. The average molecular weight is 824 g/mol. The Balaban J connectivity index is 1.38. The molecule has 226 valence electrons. The second-order valence-corrected chi connectivity index (χ2v) is 13.4. The van der Waals surface area contributed by atoms with E-state index < -0.39 is 29.6 Å². The number of carboxylic acid groups (broad SMARTS) is 1. The molecule has 0 unspecified atom stereocenters. The van der Waals surface area contributed by atoms with Crippen LogP contribution in [0.1, 0.15) is 50.4 Å². The van der Waals surface area contributed by atoms with E-state index in [0.29, 0.717) is 41.3 Å². The van der Waals surface area contributed by atoms with Gasteiger partial charge >= 0.3 is 246 Å². The first-order valence-corrected chi connectivity index (χ1v) is 16.7. The molecule has 11 heteroatoms. The molecule has 4 aromatic carbocycles. The maximum absolute atomic E-state index is 15.4. The molecular weight excluding hydrogens is 799 g/mol. The van der Waals surface area contributed by atoms with Crippen molar-refractivity contribution in [3.8, 4) is 17.2 Å². The maximum atomic E-state index is 15.4. The van der Waals surface area contributed by atoms with Gasteiger partial charge in [-0.25, -0.2) is 0 Å². The van der Waals surface area contributed by atoms with E-state index in [4.69, 9.17) is 11.6 Å². The van der Waals surface area contributed by atoms with Crippen LogP contribution in [0.3, 0.4) is 0 Å². The summed E-state index contributed by atoms with van der Waals surface area (Å²) in [5.74, 6) is -3.57. The van der Waals surface area contributed by atoms with Gasteiger partial charge < -0.3 is 0 Å². The molecule has 2 amide bonds. The van der Waals surface area contributed by atoms with Crippen LogP contribution in [0.15, 0.2) is 91.1 Å². The number of rotatable bonds is 9. The Morgan fingerprint density at radius 2 is 1.72 bits per heavy atom. The van der Waals surface area contributed by atoms with Gasteiger partial charge in [0.25, 0.3) is 0 Å². The van der Waals surface area contributed by atoms with Crippen LogP contribution in [0.25, 0.3) is 22.0 Å². The molecule has 0 bridgehead atoms. The molecule has 5 aromatic rings. The number of fused-ring (bicyclic) bond motifs is 1. The first kappa shape index (κ1) is 32.7. The Morgan fingerprint density at radius 1 is 0.978 bits per heavy atom. The first-order valence-electron chi connectivity index (χ1n) is 14.1. The number of halogens is 2. The van der Waals surface area contributed by atoms with Crippen LogP contribution in [0.2, 0.25) is 5.02 Å². The quantitative estimate of drug-likeness (QED) is 0.174. The van der Waals surface area contributed by atoms with Crippen molar-refractivity contribution in [2.45, 2.75) is 25.4 Å². The van der Waals surface area contributed by atoms with Gasteiger partial charge in [0.05, 0.1) is 11.6 Å². The van der Waals surface area contributed by atoms with Crippen molar-refractivity contribution >= 4 is 69.2 Å². The zero-order valence-corrected chi connectivity index (χ0v) is 29.7. The van der Waals surface area contributed by atoms with Crippen molar-refractivity contribution in [3.05, 3.63) is 130 Å². The molecule has 0 radical (unpaired) electrons. The molecule has 0 saturated heterocycles. The summed E-state index contributed by atoms with van der Waals surface area (Å²) >= 11 is 6.44. The minimum absolute atomic E-state index is 0.0283. The number of aliphatic carboxylic acids is 1. The molecule has 0 saturated carbocycles. The summed E-state index contributed by atoms with van der Waals surface area (Å²) < 4.78 is 15.7. The summed E-state index contributed by atoms with van der Waals surface area (Å²) in [6.45, 7) is 1.82. The molecule has 0 aliphatic heterocycles. The second kappa shape index (κ2) is 14.2. The number of amides is 2. The van der Waals surface area contributed by atoms with E-state index in [1.54, 1.807) is 48.7 Å². The fraction of sp³-hybridized carbons (Fsp3) is 0.114. The molecule has 1 heterocycles. The fourth-order valence-corrected chi connectivity index (χ4v) is 7.21. The van der Waals surface area contributed by atoms with Gasteiger partial charge in [0, 0.05) is 0 Å². The summed E-state index contributed by atoms with van der Waals surface area (Å²) in [6.07, 6.45) is 1.50. The zero-order chi connectivity index (χ0) is 33.0. The molecule has 0 fully saturated rings. The van der Waals surface area contributed by atoms with Crippen LogP contribution in [0, 0.1) is 17.1 Å². The Bertz CT molecular complexity index is 2010. The molecule has 3 N–H and O–H groups in total. The average Bonchev–Trinajstić information content (AvgIpc) is 3.04. The van der Waals surface area contributed by atoms with Crippen molar-refractivity contribution < 1.29 is 23.9 Å². The van der Waals surface area contributed by atoms with Crippen LogP contribution in [-0.2, 0) is 11.2 Å². The minimum atomic E-state index is -1.39. The molecular formula is C35H25ClFN4O4Tl. The standard InChI is InChI=1S/C35H25ClFN4O4.Tl/c1-20(22-6-3-2-4-7-22)40-33(42)24-11-14-28(30(37)17-24)34(43)41-31(35(44)45)18-23-10-13-27(32-25(23)8-5-15-39-32)26-12-9-21(19-38)16-29(26)36;/h2-13,15-17,20,31H,18H2,1H3,(H,40,42)(H,41,43)(H,44,45);/t20-,31+;/m1./s1. The van der Waals surface area contributed by atoms with E-state index in [0.717, 1.165) is 11.6 Å². The fourth-order valence-electron chi connectivity index (χ4n) is 5.18. The monoisotopic (exact) mass is 824 g/mol. The molecule has 0 spiro atoms. The van der Waals surface area contributed by atoms with Crippen LogP contribution < -0.4 is 13.8 Å². The van der Waals surface area contributed by atoms with Gasteiger partial charge in [-0.2, -0.15) is 5.26 Å². The Labute approximate surface area is 284 Å². The molecule has 46 heavy (non-hydrogen) atoms. The summed E-state index contributed by atoms with van der Waals surface area (Å²) in [7, 11) is 0. The van der Waals surface area contributed by atoms with Crippen molar-refractivity contribution in [3.63, 3.8) is 0 Å². The zero-order valence-electron chi connectivity index (χ0n) is 24.4. The predicted octanol–water partition coefficient (Wildman–Crippen LogP) is 5.28. The van der Waals surface area contributed by atoms with Crippen molar-refractivity contribution in [2.24, 2.45) is 0 Å². The number of nitrogens with one attached hydrogen (secondary N) is 2. The van der Waals surface area contributed by atoms with Crippen molar-refractivity contribution in [2.75, 3.05) is 0 Å². The summed E-state index contributed by atoms with van der Waals surface area (Å²) in [4.78, 5) is 43.0. The Morgan fingerprint density at radius 3 is 2.39 bits per heavy atom. The number of hydrogen-bond donors (Lipinski definition) is 3. The topological polar surface area (TPSA) is 132 Å². The van der Waals surface area contributed by atoms with Gasteiger partial charge in [-0.15, -0.1) is 0 Å². The van der Waals surface area contributed by atoms with E-state index in [2.05, 4.69) is 21.7 Å². The number of carbonyl (C=O) groups excluding carboxylic acids is 2. The first-order chi connectivity index (χ1) is 22.1. The Kier molecular flexibility index (Phi) is 10.1. The van der Waals surface area contributed by atoms with Crippen LogP contribution in [0.4, 0.5) is 4.39 Å².